The van der Waals surface area contributed by atoms with Gasteiger partial charge >= 0.3 is 0 Å². The van der Waals surface area contributed by atoms with Gasteiger partial charge in [-0.2, -0.15) is 0 Å². The van der Waals surface area contributed by atoms with Crippen LogP contribution in [0.3, 0.4) is 0 Å². The Morgan fingerprint density at radius 3 is 2.57 bits per heavy atom. The number of amides is 1. The molecule has 1 saturated carbocycles. The van der Waals surface area contributed by atoms with E-state index in [0.29, 0.717) is 24.4 Å². The third kappa shape index (κ3) is 3.97. The first kappa shape index (κ1) is 20.2. The van der Waals surface area contributed by atoms with Gasteiger partial charge in [-0.15, -0.1) is 0 Å². The molecule has 0 bridgehead atoms. The van der Waals surface area contributed by atoms with E-state index in [4.69, 9.17) is 9.47 Å². The molecule has 1 aliphatic heterocycles. The zero-order chi connectivity index (χ0) is 21.3. The fourth-order valence-corrected chi connectivity index (χ4v) is 4.39. The molecule has 1 atom stereocenters. The van der Waals surface area contributed by atoms with E-state index in [9.17, 15) is 14.9 Å². The van der Waals surface area contributed by atoms with E-state index >= 15 is 0 Å². The van der Waals surface area contributed by atoms with E-state index in [2.05, 4.69) is 0 Å². The van der Waals surface area contributed by atoms with Crippen molar-refractivity contribution in [1.29, 1.82) is 0 Å². The van der Waals surface area contributed by atoms with E-state index in [1.165, 1.54) is 25.0 Å². The molecule has 0 aromatic heterocycles. The topological polar surface area (TPSA) is 81.9 Å². The van der Waals surface area contributed by atoms with Gasteiger partial charge in [0.15, 0.2) is 11.5 Å². The molecule has 2 fully saturated rings. The summed E-state index contributed by atoms with van der Waals surface area (Å²) in [5.74, 6) is 1.38. The molecule has 0 radical (unpaired) electrons. The van der Waals surface area contributed by atoms with Gasteiger partial charge in [-0.25, -0.2) is 0 Å². The largest absolute Gasteiger partial charge is 0.493 e. The molecule has 1 unspecified atom stereocenters. The third-order valence-electron chi connectivity index (χ3n) is 6.07. The van der Waals surface area contributed by atoms with Gasteiger partial charge in [0, 0.05) is 31.0 Å². The number of methoxy groups -OCH3 is 1. The molecular weight excluding hydrogens is 384 g/mol. The molecule has 0 N–H and O–H groups in total. The van der Waals surface area contributed by atoms with Crippen LogP contribution in [0.2, 0.25) is 0 Å². The fourth-order valence-electron chi connectivity index (χ4n) is 4.39. The molecule has 4 rings (SSSR count). The van der Waals surface area contributed by atoms with Crippen molar-refractivity contribution in [3.05, 3.63) is 57.6 Å². The van der Waals surface area contributed by atoms with E-state index in [-0.39, 0.29) is 23.6 Å². The number of hydrogen-bond donors (Lipinski definition) is 0. The number of nitro groups is 1. The maximum atomic E-state index is 12.8. The zero-order valence-corrected chi connectivity index (χ0v) is 17.3. The van der Waals surface area contributed by atoms with Gasteiger partial charge in [0.2, 0.25) is 5.91 Å². The third-order valence-corrected chi connectivity index (χ3v) is 6.07. The zero-order valence-electron chi connectivity index (χ0n) is 17.3. The Labute approximate surface area is 175 Å². The van der Waals surface area contributed by atoms with E-state index < -0.39 is 4.92 Å². The summed E-state index contributed by atoms with van der Waals surface area (Å²) in [6, 6.07) is 10.5. The lowest BCUT2D eigenvalue weighted by molar-refractivity contribution is -0.384. The first-order valence-corrected chi connectivity index (χ1v) is 10.4. The molecule has 2 aromatic carbocycles. The second kappa shape index (κ2) is 8.34. The Morgan fingerprint density at radius 2 is 1.87 bits per heavy atom. The maximum absolute atomic E-state index is 12.8. The van der Waals surface area contributed by atoms with Crippen LogP contribution in [0.1, 0.15) is 49.1 Å². The van der Waals surface area contributed by atoms with Gasteiger partial charge in [0.25, 0.3) is 5.69 Å². The highest BCUT2D eigenvalue weighted by Gasteiger charge is 2.33. The number of nitrogens with zero attached hydrogens (tertiary/aromatic N) is 2. The first-order valence-electron chi connectivity index (χ1n) is 10.4. The Kier molecular flexibility index (Phi) is 5.61. The molecule has 2 aromatic rings. The molecule has 2 aliphatic rings. The van der Waals surface area contributed by atoms with Crippen LogP contribution in [0.5, 0.6) is 11.5 Å². The summed E-state index contributed by atoms with van der Waals surface area (Å²) in [4.78, 5) is 25.2. The van der Waals surface area contributed by atoms with Gasteiger partial charge in [0.1, 0.15) is 0 Å². The Morgan fingerprint density at radius 1 is 1.10 bits per heavy atom. The summed E-state index contributed by atoms with van der Waals surface area (Å²) < 4.78 is 11.7. The number of aryl methyl sites for hydroxylation is 1. The number of ether oxygens (including phenoxy) is 2. The number of rotatable bonds is 6. The summed E-state index contributed by atoms with van der Waals surface area (Å²) in [5.41, 5.74) is 2.45. The van der Waals surface area contributed by atoms with Gasteiger partial charge in [-0.1, -0.05) is 12.1 Å². The summed E-state index contributed by atoms with van der Waals surface area (Å²) >= 11 is 0. The van der Waals surface area contributed by atoms with Crippen molar-refractivity contribution in [1.82, 2.24) is 0 Å². The highest BCUT2D eigenvalue weighted by Crippen LogP contribution is 2.39. The molecule has 158 valence electrons. The average molecular weight is 410 g/mol. The monoisotopic (exact) mass is 410 g/mol. The molecule has 1 aliphatic carbocycles. The van der Waals surface area contributed by atoms with Crippen LogP contribution in [0.4, 0.5) is 11.4 Å². The lowest BCUT2D eigenvalue weighted by atomic mass is 9.98. The van der Waals surface area contributed by atoms with Crippen LogP contribution < -0.4 is 14.4 Å². The first-order chi connectivity index (χ1) is 14.5. The van der Waals surface area contributed by atoms with E-state index in [1.54, 1.807) is 18.1 Å². The van der Waals surface area contributed by atoms with Crippen LogP contribution in [0.15, 0.2) is 36.4 Å². The molecular formula is C23H26N2O5. The lowest BCUT2D eigenvalue weighted by Crippen LogP contribution is -2.25. The summed E-state index contributed by atoms with van der Waals surface area (Å²) in [5, 5.41) is 11.2. The molecule has 1 saturated heterocycles. The van der Waals surface area contributed by atoms with Crippen LogP contribution in [-0.4, -0.2) is 30.6 Å². The Bertz CT molecular complexity index is 968. The van der Waals surface area contributed by atoms with Crippen molar-refractivity contribution in [2.45, 2.75) is 51.0 Å². The SMILES string of the molecule is COc1ccc(C2CC(=O)N(c3cc([N+](=O)[O-])ccc3C)C2)cc1OC1CCCC1. The van der Waals surface area contributed by atoms with Crippen molar-refractivity contribution in [3.8, 4) is 11.5 Å². The minimum absolute atomic E-state index is 0.00648. The highest BCUT2D eigenvalue weighted by molar-refractivity contribution is 5.97. The Hall–Kier alpha value is -3.09. The molecule has 30 heavy (non-hydrogen) atoms. The molecule has 7 nitrogen and oxygen atoms in total. The van der Waals surface area contributed by atoms with Crippen molar-refractivity contribution >= 4 is 17.3 Å². The second-order valence-electron chi connectivity index (χ2n) is 8.07. The normalized spacial score (nSPS) is 19.3. The predicted octanol–water partition coefficient (Wildman–Crippen LogP) is 4.75. The fraction of sp³-hybridized carbons (Fsp3) is 0.435. The molecule has 1 heterocycles. The predicted molar refractivity (Wildman–Crippen MR) is 113 cm³/mol. The van der Waals surface area contributed by atoms with Gasteiger partial charge in [-0.3, -0.25) is 14.9 Å². The lowest BCUT2D eigenvalue weighted by Gasteiger charge is -2.20. The van der Waals surface area contributed by atoms with Crippen LogP contribution >= 0.6 is 0 Å². The number of non-ortho nitro benzene ring substituents is 1. The van der Waals surface area contributed by atoms with Gasteiger partial charge in [0.05, 0.1) is 23.8 Å². The number of nitro benzene ring substituents is 1. The number of carbonyl (C=O) groups is 1. The van der Waals surface area contributed by atoms with Crippen LogP contribution in [-0.2, 0) is 4.79 Å². The number of carbonyl (C=O) groups excluding carboxylic acids is 1. The van der Waals surface area contributed by atoms with Crippen molar-refractivity contribution in [3.63, 3.8) is 0 Å². The van der Waals surface area contributed by atoms with Gasteiger partial charge in [-0.05, 0) is 55.9 Å². The van der Waals surface area contributed by atoms with Crippen LogP contribution in [0.25, 0.3) is 0 Å². The summed E-state index contributed by atoms with van der Waals surface area (Å²) in [7, 11) is 1.63. The second-order valence-corrected chi connectivity index (χ2v) is 8.07. The highest BCUT2D eigenvalue weighted by atomic mass is 16.6. The van der Waals surface area contributed by atoms with E-state index in [0.717, 1.165) is 29.7 Å². The van der Waals surface area contributed by atoms with Crippen LogP contribution in [0, 0.1) is 17.0 Å². The van der Waals surface area contributed by atoms with Crippen molar-refractivity contribution < 1.29 is 19.2 Å². The smallest absolute Gasteiger partial charge is 0.271 e. The molecule has 7 heteroatoms. The molecule has 0 spiro atoms. The molecule has 1 amide bonds. The van der Waals surface area contributed by atoms with Gasteiger partial charge < -0.3 is 14.4 Å². The standard InChI is InChI=1S/C23H26N2O5/c1-15-7-9-18(25(27)28)13-20(15)24-14-17(12-23(24)26)16-8-10-21(29-2)22(11-16)30-19-5-3-4-6-19/h7-11,13,17,19H,3-6,12,14H2,1-2H3. The van der Waals surface area contributed by atoms with Crippen molar-refractivity contribution in [2.75, 3.05) is 18.6 Å². The Balaban J connectivity index is 1.58. The number of anilines is 1. The number of benzene rings is 2. The quantitative estimate of drug-likeness (QED) is 0.507. The minimum atomic E-state index is -0.433. The number of hydrogen-bond acceptors (Lipinski definition) is 5. The average Bonchev–Trinajstić information content (AvgIpc) is 3.38. The summed E-state index contributed by atoms with van der Waals surface area (Å²) in [6.07, 6.45) is 5.04. The minimum Gasteiger partial charge on any atom is -0.493 e. The van der Waals surface area contributed by atoms with E-state index in [1.807, 2.05) is 25.1 Å². The maximum Gasteiger partial charge on any atom is 0.271 e. The summed E-state index contributed by atoms with van der Waals surface area (Å²) in [6.45, 7) is 2.34. The van der Waals surface area contributed by atoms with Crippen molar-refractivity contribution in [2.24, 2.45) is 0 Å².